The average molecular weight is 221 g/mol. The van der Waals surface area contributed by atoms with Crippen LogP contribution in [0.25, 0.3) is 0 Å². The maximum absolute atomic E-state index is 8.74. The van der Waals surface area contributed by atoms with Gasteiger partial charge in [-0.25, -0.2) is 0 Å². The summed E-state index contributed by atoms with van der Waals surface area (Å²) in [6, 6.07) is 0. The van der Waals surface area contributed by atoms with Crippen LogP contribution in [0.2, 0.25) is 0 Å². The zero-order chi connectivity index (χ0) is 4.50. The SMILES string of the molecule is O=S(=O)(O)O.[O-2].[O-2].[Zr+4]. The van der Waals surface area contributed by atoms with Gasteiger partial charge in [-0.1, -0.05) is 0 Å². The minimum absolute atomic E-state index is 0. The summed E-state index contributed by atoms with van der Waals surface area (Å²) in [7, 11) is -4.67. The summed E-state index contributed by atoms with van der Waals surface area (Å²) in [5.74, 6) is 0. The zero-order valence-corrected chi connectivity index (χ0v) is 6.71. The topological polar surface area (TPSA) is 132 Å². The van der Waals surface area contributed by atoms with E-state index >= 15 is 0 Å². The van der Waals surface area contributed by atoms with Crippen LogP contribution in [-0.4, -0.2) is 17.5 Å². The van der Waals surface area contributed by atoms with Gasteiger partial charge < -0.3 is 11.0 Å². The van der Waals surface area contributed by atoms with Crippen LogP contribution in [0.3, 0.4) is 0 Å². The van der Waals surface area contributed by atoms with E-state index in [9.17, 15) is 0 Å². The van der Waals surface area contributed by atoms with Gasteiger partial charge in [-0.15, -0.1) is 0 Å². The summed E-state index contributed by atoms with van der Waals surface area (Å²) in [5.41, 5.74) is 0. The number of hydrogen-bond donors (Lipinski definition) is 2. The van der Waals surface area contributed by atoms with E-state index < -0.39 is 10.4 Å². The fourth-order valence-corrected chi connectivity index (χ4v) is 0. The molecule has 0 radical (unpaired) electrons. The van der Waals surface area contributed by atoms with Crippen molar-refractivity contribution in [2.75, 3.05) is 0 Å². The molecule has 0 aromatic rings. The van der Waals surface area contributed by atoms with Crippen LogP contribution in [0.1, 0.15) is 0 Å². The third-order valence-electron chi connectivity index (χ3n) is 0. The maximum Gasteiger partial charge on any atom is 4.00 e. The smallest absolute Gasteiger partial charge is 2.00 e. The van der Waals surface area contributed by atoms with Crippen molar-refractivity contribution in [2.45, 2.75) is 0 Å². The van der Waals surface area contributed by atoms with Crippen LogP contribution in [0.4, 0.5) is 0 Å². The Bertz CT molecular complexity index is 91.7. The fraction of sp³-hybridized carbons (Fsp3) is 0. The first kappa shape index (κ1) is 23.4. The third kappa shape index (κ3) is 474. The molecule has 0 aromatic heterocycles. The molecule has 0 amide bonds. The first-order valence-corrected chi connectivity index (χ1v) is 2.10. The Labute approximate surface area is 65.2 Å². The molecule has 0 saturated carbocycles. The number of rotatable bonds is 0. The predicted molar refractivity (Wildman–Crippen MR) is 15.6 cm³/mol. The minimum atomic E-state index is -4.67. The van der Waals surface area contributed by atoms with Gasteiger partial charge in [-0.3, -0.25) is 9.11 Å². The van der Waals surface area contributed by atoms with Gasteiger partial charge in [-0.2, -0.15) is 8.42 Å². The second kappa shape index (κ2) is 7.67. The third-order valence-corrected chi connectivity index (χ3v) is 0. The van der Waals surface area contributed by atoms with Gasteiger partial charge in [0.15, 0.2) is 0 Å². The molecule has 48 valence electrons. The molecule has 6 nitrogen and oxygen atoms in total. The summed E-state index contributed by atoms with van der Waals surface area (Å²) in [6.45, 7) is 0. The predicted octanol–water partition coefficient (Wildman–Crippen LogP) is -0.893. The molecule has 2 N–H and O–H groups in total. The van der Waals surface area contributed by atoms with Gasteiger partial charge in [0.2, 0.25) is 0 Å². The maximum atomic E-state index is 8.74. The summed E-state index contributed by atoms with van der Waals surface area (Å²) in [6.07, 6.45) is 0. The summed E-state index contributed by atoms with van der Waals surface area (Å²) < 4.78 is 31.6. The second-order valence-electron chi connectivity index (χ2n) is 0.448. The Morgan fingerprint density at radius 2 is 1.00 bits per heavy atom. The largest absolute Gasteiger partial charge is 4.00 e. The van der Waals surface area contributed by atoms with Crippen molar-refractivity contribution in [3.8, 4) is 0 Å². The molecule has 0 aliphatic heterocycles. The van der Waals surface area contributed by atoms with Crippen LogP contribution in [0.15, 0.2) is 0 Å². The molecule has 0 rings (SSSR count). The van der Waals surface area contributed by atoms with Crippen molar-refractivity contribution in [1.82, 2.24) is 0 Å². The Morgan fingerprint density at radius 1 is 1.00 bits per heavy atom. The summed E-state index contributed by atoms with van der Waals surface area (Å²) in [4.78, 5) is 0. The zero-order valence-electron chi connectivity index (χ0n) is 3.44. The van der Waals surface area contributed by atoms with Crippen LogP contribution < -0.4 is 0 Å². The minimum Gasteiger partial charge on any atom is -2.00 e. The molecule has 0 aromatic carbocycles. The van der Waals surface area contributed by atoms with E-state index in [1.165, 1.54) is 0 Å². The van der Waals surface area contributed by atoms with E-state index in [0.29, 0.717) is 0 Å². The average Bonchev–Trinajstić information content (AvgIpc) is 0.722. The number of hydrogen-bond acceptors (Lipinski definition) is 2. The Balaban J connectivity index is -0.0000000267. The van der Waals surface area contributed by atoms with Gasteiger partial charge in [0.25, 0.3) is 0 Å². The van der Waals surface area contributed by atoms with Gasteiger partial charge in [0, 0.05) is 0 Å². The first-order valence-electron chi connectivity index (χ1n) is 0.698. The van der Waals surface area contributed by atoms with Crippen LogP contribution in [0, 0.1) is 0 Å². The van der Waals surface area contributed by atoms with Crippen molar-refractivity contribution < 1.29 is 54.7 Å². The van der Waals surface area contributed by atoms with E-state index in [1.54, 1.807) is 0 Å². The second-order valence-corrected chi connectivity index (χ2v) is 1.34. The van der Waals surface area contributed by atoms with E-state index in [-0.39, 0.29) is 37.2 Å². The van der Waals surface area contributed by atoms with Crippen LogP contribution >= 0.6 is 0 Å². The molecule has 0 unspecified atom stereocenters. The molecule has 0 bridgehead atoms. The van der Waals surface area contributed by atoms with E-state index in [4.69, 9.17) is 17.5 Å². The summed E-state index contributed by atoms with van der Waals surface area (Å²) in [5, 5.41) is 0. The van der Waals surface area contributed by atoms with E-state index in [1.807, 2.05) is 0 Å². The molecule has 0 saturated heterocycles. The Morgan fingerprint density at radius 3 is 1.00 bits per heavy atom. The van der Waals surface area contributed by atoms with Gasteiger partial charge in [0.1, 0.15) is 0 Å². The molecule has 0 aliphatic rings. The van der Waals surface area contributed by atoms with E-state index in [0.717, 1.165) is 0 Å². The van der Waals surface area contributed by atoms with Crippen molar-refractivity contribution in [3.05, 3.63) is 0 Å². The normalized spacial score (nSPS) is 7.25. The molecule has 0 spiro atoms. The molecule has 0 fully saturated rings. The Kier molecular flexibility index (Phi) is 22.4. The Hall–Kier alpha value is 0.673. The fourth-order valence-electron chi connectivity index (χ4n) is 0. The van der Waals surface area contributed by atoms with E-state index in [2.05, 4.69) is 0 Å². The van der Waals surface area contributed by atoms with Crippen LogP contribution in [-0.2, 0) is 47.6 Å². The first-order chi connectivity index (χ1) is 2.00. The molecule has 8 heavy (non-hydrogen) atoms. The van der Waals surface area contributed by atoms with Crippen molar-refractivity contribution in [2.24, 2.45) is 0 Å². The molecule has 8 heteroatoms. The molecule has 0 heterocycles. The molecular weight excluding hydrogens is 219 g/mol. The van der Waals surface area contributed by atoms with Crippen molar-refractivity contribution >= 4 is 10.4 Å². The molecule has 0 aliphatic carbocycles. The molecule has 0 atom stereocenters. The molecular formula is H2O6SZr. The summed E-state index contributed by atoms with van der Waals surface area (Å²) >= 11 is 0. The van der Waals surface area contributed by atoms with Gasteiger partial charge in [-0.05, 0) is 0 Å². The van der Waals surface area contributed by atoms with Gasteiger partial charge >= 0.3 is 36.6 Å². The van der Waals surface area contributed by atoms with Gasteiger partial charge in [0.05, 0.1) is 0 Å². The monoisotopic (exact) mass is 220 g/mol. The standard InChI is InChI=1S/H2O4S.2O.Zr/c1-5(2,3)4;;;/h(H2,1,2,3,4);;;/q;2*-2;+4. The van der Waals surface area contributed by atoms with Crippen molar-refractivity contribution in [1.29, 1.82) is 0 Å². The van der Waals surface area contributed by atoms with Crippen molar-refractivity contribution in [3.63, 3.8) is 0 Å². The quantitative estimate of drug-likeness (QED) is 0.513. The van der Waals surface area contributed by atoms with Crippen LogP contribution in [0.5, 0.6) is 0 Å².